The van der Waals surface area contributed by atoms with Crippen LogP contribution in [0.15, 0.2) is 23.1 Å². The van der Waals surface area contributed by atoms with E-state index in [1.165, 1.54) is 17.8 Å². The Kier molecular flexibility index (Phi) is 3.75. The highest BCUT2D eigenvalue weighted by Gasteiger charge is 2.06. The Morgan fingerprint density at radius 2 is 2.23 bits per heavy atom. The van der Waals surface area contributed by atoms with Gasteiger partial charge in [-0.25, -0.2) is 4.39 Å². The van der Waals surface area contributed by atoms with Crippen LogP contribution in [0.5, 0.6) is 0 Å². The average molecular weight is 200 g/mol. The summed E-state index contributed by atoms with van der Waals surface area (Å²) in [7, 11) is 0. The van der Waals surface area contributed by atoms with Crippen molar-refractivity contribution in [2.24, 2.45) is 0 Å². The molecule has 0 bridgehead atoms. The summed E-state index contributed by atoms with van der Waals surface area (Å²) < 4.78 is 13.3. The Bertz CT molecular complexity index is 286. The number of hydrogen-bond acceptors (Lipinski definition) is 2. The molecule has 1 aromatic rings. The van der Waals surface area contributed by atoms with Gasteiger partial charge >= 0.3 is 0 Å². The quantitative estimate of drug-likeness (QED) is 0.757. The topological polar surface area (TPSA) is 20.2 Å². The summed E-state index contributed by atoms with van der Waals surface area (Å²) in [6.45, 7) is 3.61. The van der Waals surface area contributed by atoms with Gasteiger partial charge in [-0.3, -0.25) is 0 Å². The Morgan fingerprint density at radius 3 is 2.69 bits per heavy atom. The maximum atomic E-state index is 13.3. The zero-order valence-corrected chi connectivity index (χ0v) is 8.57. The molecule has 0 saturated heterocycles. The van der Waals surface area contributed by atoms with Gasteiger partial charge in [0.15, 0.2) is 0 Å². The average Bonchev–Trinajstić information content (AvgIpc) is 2.08. The molecule has 0 heterocycles. The van der Waals surface area contributed by atoms with Crippen molar-refractivity contribution in [3.63, 3.8) is 0 Å². The molecule has 0 aliphatic carbocycles. The van der Waals surface area contributed by atoms with E-state index in [1.54, 1.807) is 19.1 Å². The van der Waals surface area contributed by atoms with Crippen molar-refractivity contribution in [1.82, 2.24) is 0 Å². The number of aliphatic hydroxyl groups excluding tert-OH is 1. The highest BCUT2D eigenvalue weighted by atomic mass is 32.2. The first kappa shape index (κ1) is 10.5. The normalized spacial score (nSPS) is 12.9. The predicted octanol–water partition coefficient (Wildman–Crippen LogP) is 2.99. The minimum Gasteiger partial charge on any atom is -0.389 e. The van der Waals surface area contributed by atoms with Gasteiger partial charge in [0.25, 0.3) is 0 Å². The lowest BCUT2D eigenvalue weighted by molar-refractivity contribution is 0.198. The van der Waals surface area contributed by atoms with E-state index in [9.17, 15) is 9.50 Å². The molecule has 0 unspecified atom stereocenters. The van der Waals surface area contributed by atoms with Crippen molar-refractivity contribution in [2.45, 2.75) is 24.8 Å². The number of halogens is 1. The van der Waals surface area contributed by atoms with Crippen LogP contribution in [0.25, 0.3) is 0 Å². The van der Waals surface area contributed by atoms with Crippen LogP contribution in [0, 0.1) is 5.82 Å². The van der Waals surface area contributed by atoms with Crippen molar-refractivity contribution in [3.8, 4) is 0 Å². The smallest absolute Gasteiger partial charge is 0.137 e. The summed E-state index contributed by atoms with van der Waals surface area (Å²) in [5, 5.41) is 9.20. The first-order chi connectivity index (χ1) is 6.15. The van der Waals surface area contributed by atoms with Crippen LogP contribution in [-0.4, -0.2) is 10.9 Å². The fraction of sp³-hybridized carbons (Fsp3) is 0.400. The molecule has 1 N–H and O–H groups in total. The molecular weight excluding hydrogens is 187 g/mol. The lowest BCUT2D eigenvalue weighted by Gasteiger charge is -2.06. The van der Waals surface area contributed by atoms with E-state index in [2.05, 4.69) is 0 Å². The van der Waals surface area contributed by atoms with Gasteiger partial charge in [0.1, 0.15) is 5.82 Å². The van der Waals surface area contributed by atoms with Gasteiger partial charge in [-0.05, 0) is 30.4 Å². The molecule has 0 aliphatic heterocycles. The molecule has 1 rings (SSSR count). The van der Waals surface area contributed by atoms with Gasteiger partial charge in [0.2, 0.25) is 0 Å². The van der Waals surface area contributed by atoms with Crippen molar-refractivity contribution in [3.05, 3.63) is 29.6 Å². The van der Waals surface area contributed by atoms with E-state index in [-0.39, 0.29) is 5.82 Å². The van der Waals surface area contributed by atoms with Gasteiger partial charge in [0.05, 0.1) is 6.10 Å². The first-order valence-corrected chi connectivity index (χ1v) is 5.24. The highest BCUT2D eigenvalue weighted by Crippen LogP contribution is 2.24. The molecule has 13 heavy (non-hydrogen) atoms. The molecule has 1 atom stereocenters. The molecule has 72 valence electrons. The molecule has 3 heteroatoms. The first-order valence-electron chi connectivity index (χ1n) is 4.25. The summed E-state index contributed by atoms with van der Waals surface area (Å²) in [6, 6.07) is 4.86. The largest absolute Gasteiger partial charge is 0.389 e. The highest BCUT2D eigenvalue weighted by molar-refractivity contribution is 7.99. The van der Waals surface area contributed by atoms with Crippen molar-refractivity contribution in [2.75, 3.05) is 5.75 Å². The number of rotatable bonds is 3. The van der Waals surface area contributed by atoms with Crippen LogP contribution in [-0.2, 0) is 0 Å². The molecule has 0 saturated carbocycles. The van der Waals surface area contributed by atoms with Gasteiger partial charge < -0.3 is 5.11 Å². The summed E-state index contributed by atoms with van der Waals surface area (Å²) in [5.41, 5.74) is 0.623. The van der Waals surface area contributed by atoms with Crippen LogP contribution < -0.4 is 0 Å². The van der Waals surface area contributed by atoms with Crippen LogP contribution in [0.4, 0.5) is 4.39 Å². The maximum absolute atomic E-state index is 13.3. The second-order valence-corrected chi connectivity index (χ2v) is 4.10. The fourth-order valence-electron chi connectivity index (χ4n) is 1.05. The number of benzene rings is 1. The van der Waals surface area contributed by atoms with Gasteiger partial charge in [-0.1, -0.05) is 13.0 Å². The van der Waals surface area contributed by atoms with E-state index >= 15 is 0 Å². The van der Waals surface area contributed by atoms with Crippen molar-refractivity contribution in [1.29, 1.82) is 0 Å². The molecule has 0 fully saturated rings. The molecule has 0 spiro atoms. The second kappa shape index (κ2) is 4.63. The van der Waals surface area contributed by atoms with Crippen LogP contribution in [0.2, 0.25) is 0 Å². The third-order valence-corrected chi connectivity index (χ3v) is 2.67. The third kappa shape index (κ3) is 2.71. The zero-order chi connectivity index (χ0) is 9.84. The number of hydrogen-bond donors (Lipinski definition) is 1. The Balaban J connectivity index is 2.92. The second-order valence-electron chi connectivity index (χ2n) is 2.80. The van der Waals surface area contributed by atoms with E-state index in [0.29, 0.717) is 10.5 Å². The summed E-state index contributed by atoms with van der Waals surface area (Å²) in [5.74, 6) is 0.607. The molecule has 0 radical (unpaired) electrons. The lowest BCUT2D eigenvalue weighted by atomic mass is 10.1. The summed E-state index contributed by atoms with van der Waals surface area (Å²) in [6.07, 6.45) is -0.602. The van der Waals surface area contributed by atoms with Crippen LogP contribution in [0.3, 0.4) is 0 Å². The third-order valence-electron chi connectivity index (χ3n) is 1.74. The van der Waals surface area contributed by atoms with E-state index in [1.807, 2.05) is 6.92 Å². The van der Waals surface area contributed by atoms with Crippen molar-refractivity contribution < 1.29 is 9.50 Å². The number of thioether (sulfide) groups is 1. The zero-order valence-electron chi connectivity index (χ0n) is 7.75. The van der Waals surface area contributed by atoms with E-state index < -0.39 is 6.10 Å². The van der Waals surface area contributed by atoms with Gasteiger partial charge in [-0.2, -0.15) is 0 Å². The Hall–Kier alpha value is -0.540. The van der Waals surface area contributed by atoms with Crippen LogP contribution in [0.1, 0.15) is 25.5 Å². The minimum absolute atomic E-state index is 0.245. The monoisotopic (exact) mass is 200 g/mol. The van der Waals surface area contributed by atoms with E-state index in [4.69, 9.17) is 0 Å². The fourth-order valence-corrected chi connectivity index (χ4v) is 1.72. The molecular formula is C10H13FOS. The van der Waals surface area contributed by atoms with Crippen LogP contribution >= 0.6 is 11.8 Å². The molecule has 0 amide bonds. The van der Waals surface area contributed by atoms with E-state index in [0.717, 1.165) is 5.75 Å². The standard InChI is InChI=1S/C10H13FOS/c1-3-13-10-5-4-8(7(2)12)6-9(10)11/h4-7,12H,3H2,1-2H3/t7-/m0/s1. The molecule has 0 aromatic heterocycles. The molecule has 1 nitrogen and oxygen atoms in total. The Labute approximate surface area is 82.0 Å². The molecule has 0 aliphatic rings. The minimum atomic E-state index is -0.602. The van der Waals surface area contributed by atoms with Crippen molar-refractivity contribution >= 4 is 11.8 Å². The maximum Gasteiger partial charge on any atom is 0.137 e. The number of aliphatic hydroxyl groups is 1. The lowest BCUT2D eigenvalue weighted by Crippen LogP contribution is -1.92. The predicted molar refractivity (Wildman–Crippen MR) is 53.4 cm³/mol. The summed E-state index contributed by atoms with van der Waals surface area (Å²) >= 11 is 1.47. The van der Waals surface area contributed by atoms with Gasteiger partial charge in [-0.15, -0.1) is 11.8 Å². The molecule has 1 aromatic carbocycles. The van der Waals surface area contributed by atoms with Gasteiger partial charge in [0, 0.05) is 4.90 Å². The summed E-state index contributed by atoms with van der Waals surface area (Å²) in [4.78, 5) is 0.645. The Morgan fingerprint density at radius 1 is 1.54 bits per heavy atom. The SMILES string of the molecule is CCSc1ccc([C@H](C)O)cc1F.